The van der Waals surface area contributed by atoms with Crippen LogP contribution in [-0.4, -0.2) is 11.7 Å². The molecule has 0 amide bonds. The first-order valence-corrected chi connectivity index (χ1v) is 5.53. The van der Waals surface area contributed by atoms with Gasteiger partial charge >= 0.3 is 0 Å². The summed E-state index contributed by atoms with van der Waals surface area (Å²) in [6.07, 6.45) is 1.89. The molecule has 3 nitrogen and oxygen atoms in total. The van der Waals surface area contributed by atoms with E-state index in [0.717, 1.165) is 29.9 Å². The molecule has 0 saturated carbocycles. The minimum Gasteiger partial charge on any atom is -0.361 e. The lowest BCUT2D eigenvalue weighted by molar-refractivity contribution is 0.398. The Balaban J connectivity index is 2.34. The Morgan fingerprint density at radius 1 is 1.25 bits per heavy atom. The van der Waals surface area contributed by atoms with E-state index in [4.69, 9.17) is 10.3 Å². The van der Waals surface area contributed by atoms with Crippen LogP contribution in [0.5, 0.6) is 0 Å². The van der Waals surface area contributed by atoms with Gasteiger partial charge in [0.15, 0.2) is 0 Å². The van der Waals surface area contributed by atoms with Crippen molar-refractivity contribution in [1.29, 1.82) is 0 Å². The van der Waals surface area contributed by atoms with Crippen molar-refractivity contribution >= 4 is 0 Å². The molecule has 0 aliphatic heterocycles. The summed E-state index contributed by atoms with van der Waals surface area (Å²) >= 11 is 0. The molecule has 0 radical (unpaired) electrons. The molecule has 1 heterocycles. The summed E-state index contributed by atoms with van der Waals surface area (Å²) in [6.45, 7) is 2.64. The average molecular weight is 216 g/mol. The quantitative estimate of drug-likeness (QED) is 0.854. The van der Waals surface area contributed by atoms with Crippen molar-refractivity contribution < 1.29 is 4.52 Å². The van der Waals surface area contributed by atoms with Gasteiger partial charge in [0.25, 0.3) is 0 Å². The second kappa shape index (κ2) is 4.94. The largest absolute Gasteiger partial charge is 0.361 e. The lowest BCUT2D eigenvalue weighted by atomic mass is 10.0. The lowest BCUT2D eigenvalue weighted by Gasteiger charge is -2.01. The van der Waals surface area contributed by atoms with Gasteiger partial charge in [-0.2, -0.15) is 0 Å². The molecule has 0 saturated heterocycles. The van der Waals surface area contributed by atoms with Crippen molar-refractivity contribution in [1.82, 2.24) is 5.16 Å². The monoisotopic (exact) mass is 216 g/mol. The highest BCUT2D eigenvalue weighted by atomic mass is 16.5. The fraction of sp³-hybridized carbons (Fsp3) is 0.308. The molecule has 0 bridgehead atoms. The van der Waals surface area contributed by atoms with Gasteiger partial charge in [-0.05, 0) is 26.3 Å². The molecule has 0 fully saturated rings. The summed E-state index contributed by atoms with van der Waals surface area (Å²) in [7, 11) is 0. The van der Waals surface area contributed by atoms with Crippen molar-refractivity contribution in [3.63, 3.8) is 0 Å². The Kier molecular flexibility index (Phi) is 3.37. The first-order chi connectivity index (χ1) is 7.83. The van der Waals surface area contributed by atoms with Crippen molar-refractivity contribution in [3.8, 4) is 11.3 Å². The van der Waals surface area contributed by atoms with E-state index in [1.807, 2.05) is 37.3 Å². The van der Waals surface area contributed by atoms with Crippen LogP contribution >= 0.6 is 0 Å². The standard InChI is InChI=1S/C13H16N2O/c1-10-12(8-5-9-14)13(15-16-10)11-6-3-2-4-7-11/h2-4,6-7H,5,8-9,14H2,1H3. The number of hydrogen-bond donors (Lipinski definition) is 1. The predicted molar refractivity (Wildman–Crippen MR) is 64.1 cm³/mol. The number of nitrogens with zero attached hydrogens (tertiary/aromatic N) is 1. The van der Waals surface area contributed by atoms with E-state index in [9.17, 15) is 0 Å². The summed E-state index contributed by atoms with van der Waals surface area (Å²) in [5.41, 5.74) is 8.76. The fourth-order valence-electron chi connectivity index (χ4n) is 1.79. The summed E-state index contributed by atoms with van der Waals surface area (Å²) in [4.78, 5) is 0. The van der Waals surface area contributed by atoms with Gasteiger partial charge in [-0.1, -0.05) is 35.5 Å². The second-order valence-electron chi connectivity index (χ2n) is 3.82. The van der Waals surface area contributed by atoms with E-state index in [2.05, 4.69) is 5.16 Å². The van der Waals surface area contributed by atoms with Gasteiger partial charge in [-0.25, -0.2) is 0 Å². The molecule has 2 rings (SSSR count). The second-order valence-corrected chi connectivity index (χ2v) is 3.82. The van der Waals surface area contributed by atoms with Crippen LogP contribution < -0.4 is 5.73 Å². The number of hydrogen-bond acceptors (Lipinski definition) is 3. The molecule has 0 spiro atoms. The number of nitrogens with two attached hydrogens (primary N) is 1. The van der Waals surface area contributed by atoms with E-state index < -0.39 is 0 Å². The topological polar surface area (TPSA) is 52.0 Å². The highest BCUT2D eigenvalue weighted by Crippen LogP contribution is 2.25. The lowest BCUT2D eigenvalue weighted by Crippen LogP contribution is -2.01. The molecular formula is C13H16N2O. The summed E-state index contributed by atoms with van der Waals surface area (Å²) in [5.74, 6) is 0.896. The Morgan fingerprint density at radius 2 is 2.00 bits per heavy atom. The Hall–Kier alpha value is -1.61. The van der Waals surface area contributed by atoms with Crippen molar-refractivity contribution in [2.75, 3.05) is 6.54 Å². The van der Waals surface area contributed by atoms with Gasteiger partial charge in [0.05, 0.1) is 0 Å². The van der Waals surface area contributed by atoms with Crippen molar-refractivity contribution in [2.45, 2.75) is 19.8 Å². The van der Waals surface area contributed by atoms with Gasteiger partial charge in [-0.15, -0.1) is 0 Å². The van der Waals surface area contributed by atoms with Crippen molar-refractivity contribution in [2.24, 2.45) is 5.73 Å². The highest BCUT2D eigenvalue weighted by molar-refractivity contribution is 5.63. The van der Waals surface area contributed by atoms with E-state index >= 15 is 0 Å². The fourth-order valence-corrected chi connectivity index (χ4v) is 1.79. The number of aromatic nitrogens is 1. The van der Waals surface area contributed by atoms with Crippen LogP contribution in [0.1, 0.15) is 17.7 Å². The first-order valence-electron chi connectivity index (χ1n) is 5.53. The first kappa shape index (κ1) is 10.9. The van der Waals surface area contributed by atoms with E-state index in [-0.39, 0.29) is 0 Å². The minimum absolute atomic E-state index is 0.693. The van der Waals surface area contributed by atoms with Crippen LogP contribution in [0.15, 0.2) is 34.9 Å². The molecule has 0 atom stereocenters. The van der Waals surface area contributed by atoms with Gasteiger partial charge in [-0.3, -0.25) is 0 Å². The molecule has 3 heteroatoms. The molecule has 2 N–H and O–H groups in total. The molecule has 0 aliphatic carbocycles. The maximum Gasteiger partial charge on any atom is 0.137 e. The number of aryl methyl sites for hydroxylation is 1. The zero-order valence-electron chi connectivity index (χ0n) is 9.44. The molecule has 0 unspecified atom stereocenters. The maximum atomic E-state index is 5.53. The van der Waals surface area contributed by atoms with Crippen LogP contribution in [0.25, 0.3) is 11.3 Å². The Labute approximate surface area is 95.3 Å². The molecule has 0 aliphatic rings. The third-order valence-electron chi connectivity index (χ3n) is 2.66. The van der Waals surface area contributed by atoms with Crippen LogP contribution in [0.4, 0.5) is 0 Å². The minimum atomic E-state index is 0.693. The Morgan fingerprint density at radius 3 is 2.69 bits per heavy atom. The molecule has 1 aromatic carbocycles. The van der Waals surface area contributed by atoms with Crippen LogP contribution in [0.2, 0.25) is 0 Å². The SMILES string of the molecule is Cc1onc(-c2ccccc2)c1CCCN. The summed E-state index contributed by atoms with van der Waals surface area (Å²) in [6, 6.07) is 10.1. The van der Waals surface area contributed by atoms with E-state index in [1.54, 1.807) is 0 Å². The summed E-state index contributed by atoms with van der Waals surface area (Å²) < 4.78 is 5.26. The molecular weight excluding hydrogens is 200 g/mol. The van der Waals surface area contributed by atoms with Gasteiger partial charge in [0, 0.05) is 11.1 Å². The normalized spacial score (nSPS) is 10.6. The molecule has 84 valence electrons. The van der Waals surface area contributed by atoms with Crippen LogP contribution in [0.3, 0.4) is 0 Å². The van der Waals surface area contributed by atoms with Crippen molar-refractivity contribution in [3.05, 3.63) is 41.7 Å². The zero-order valence-corrected chi connectivity index (χ0v) is 9.44. The smallest absolute Gasteiger partial charge is 0.137 e. The molecule has 16 heavy (non-hydrogen) atoms. The maximum absolute atomic E-state index is 5.53. The zero-order chi connectivity index (χ0) is 11.4. The van der Waals surface area contributed by atoms with E-state index in [0.29, 0.717) is 6.54 Å². The van der Waals surface area contributed by atoms with Crippen LogP contribution in [0, 0.1) is 6.92 Å². The van der Waals surface area contributed by atoms with Gasteiger partial charge in [0.1, 0.15) is 11.5 Å². The molecule has 2 aromatic rings. The van der Waals surface area contributed by atoms with Gasteiger partial charge in [0.2, 0.25) is 0 Å². The number of benzene rings is 1. The Bertz CT molecular complexity index is 448. The van der Waals surface area contributed by atoms with E-state index in [1.165, 1.54) is 5.56 Å². The summed E-state index contributed by atoms with van der Waals surface area (Å²) in [5, 5.41) is 4.12. The molecule has 1 aromatic heterocycles. The highest BCUT2D eigenvalue weighted by Gasteiger charge is 2.13. The predicted octanol–water partition coefficient (Wildman–Crippen LogP) is 2.54. The van der Waals surface area contributed by atoms with Crippen LogP contribution in [-0.2, 0) is 6.42 Å². The van der Waals surface area contributed by atoms with Gasteiger partial charge < -0.3 is 10.3 Å². The third kappa shape index (κ3) is 2.14. The third-order valence-corrected chi connectivity index (χ3v) is 2.66. The average Bonchev–Trinajstić information content (AvgIpc) is 2.69. The number of rotatable bonds is 4.